The number of aliphatic carboxylic acids is 1. The van der Waals surface area contributed by atoms with Crippen molar-refractivity contribution < 1.29 is 19.8 Å². The van der Waals surface area contributed by atoms with Gasteiger partial charge in [-0.2, -0.15) is 0 Å². The van der Waals surface area contributed by atoms with Crippen LogP contribution >= 0.6 is 0 Å². The average molecular weight is 254 g/mol. The number of aliphatic hydroxyl groups excluding tert-OH is 1. The highest BCUT2D eigenvalue weighted by molar-refractivity contribution is 5.83. The van der Waals surface area contributed by atoms with Gasteiger partial charge in [-0.25, -0.2) is 9.59 Å². The zero-order valence-electron chi connectivity index (χ0n) is 10.1. The molecule has 3 N–H and O–H groups in total. The molecule has 0 spiro atoms. The minimum Gasteiger partial charge on any atom is -0.480 e. The first kappa shape index (κ1) is 14.3. The number of carboxylic acids is 1. The van der Waals surface area contributed by atoms with Gasteiger partial charge in [0.2, 0.25) is 0 Å². The van der Waals surface area contributed by atoms with Crippen LogP contribution in [-0.4, -0.2) is 52.3 Å². The molecule has 1 heterocycles. The predicted molar refractivity (Wildman–Crippen MR) is 64.8 cm³/mol. The first-order valence-electron chi connectivity index (χ1n) is 5.95. The van der Waals surface area contributed by atoms with E-state index < -0.39 is 24.1 Å². The molecule has 1 rings (SSSR count). The van der Waals surface area contributed by atoms with Gasteiger partial charge in [-0.15, -0.1) is 12.3 Å². The molecule has 1 aliphatic rings. The number of nitrogens with zero attached hydrogens (tertiary/aromatic N) is 1. The fourth-order valence-corrected chi connectivity index (χ4v) is 1.92. The molecule has 2 atom stereocenters. The zero-order valence-corrected chi connectivity index (χ0v) is 10.1. The molecule has 6 nitrogen and oxygen atoms in total. The Hall–Kier alpha value is -1.74. The molecule has 0 radical (unpaired) electrons. The Labute approximate surface area is 106 Å². The number of hydrogen-bond acceptors (Lipinski definition) is 3. The van der Waals surface area contributed by atoms with Crippen molar-refractivity contribution in [3.63, 3.8) is 0 Å². The summed E-state index contributed by atoms with van der Waals surface area (Å²) in [4.78, 5) is 23.8. The summed E-state index contributed by atoms with van der Waals surface area (Å²) in [5.41, 5.74) is 0. The van der Waals surface area contributed by atoms with Crippen molar-refractivity contribution in [2.24, 2.45) is 0 Å². The molecular formula is C12H18N2O4. The van der Waals surface area contributed by atoms with Crippen LogP contribution in [0.2, 0.25) is 0 Å². The maximum atomic E-state index is 11.7. The monoisotopic (exact) mass is 254 g/mol. The zero-order chi connectivity index (χ0) is 13.5. The molecule has 1 saturated heterocycles. The van der Waals surface area contributed by atoms with E-state index in [0.29, 0.717) is 13.0 Å². The Morgan fingerprint density at radius 2 is 2.17 bits per heavy atom. The topological polar surface area (TPSA) is 89.9 Å². The summed E-state index contributed by atoms with van der Waals surface area (Å²) in [7, 11) is 0. The third-order valence-corrected chi connectivity index (χ3v) is 2.85. The summed E-state index contributed by atoms with van der Waals surface area (Å²) >= 11 is 0. The first-order chi connectivity index (χ1) is 8.56. The van der Waals surface area contributed by atoms with E-state index in [1.807, 2.05) is 0 Å². The summed E-state index contributed by atoms with van der Waals surface area (Å²) in [6.45, 7) is 0.520. The van der Waals surface area contributed by atoms with Gasteiger partial charge < -0.3 is 20.4 Å². The molecule has 1 aliphatic heterocycles. The SMILES string of the molecule is C#CCCCCNC(=O)N1CC(O)C[C@H]1C(=O)O. The van der Waals surface area contributed by atoms with Crippen molar-refractivity contribution in [2.75, 3.05) is 13.1 Å². The number of carboxylic acid groups (broad SMARTS) is 1. The Balaban J connectivity index is 2.36. The maximum absolute atomic E-state index is 11.7. The number of hydrogen-bond donors (Lipinski definition) is 3. The van der Waals surface area contributed by atoms with Gasteiger partial charge in [-0.1, -0.05) is 0 Å². The molecular weight excluding hydrogens is 236 g/mol. The molecule has 0 aliphatic carbocycles. The van der Waals surface area contributed by atoms with E-state index in [2.05, 4.69) is 11.2 Å². The molecule has 1 unspecified atom stereocenters. The lowest BCUT2D eigenvalue weighted by atomic mass is 10.2. The molecule has 0 bridgehead atoms. The molecule has 0 aromatic heterocycles. The number of β-amino-alcohol motifs (C(OH)–C–C–N with tert-alkyl or cyclic N) is 1. The van der Waals surface area contributed by atoms with Gasteiger partial charge in [-0.05, 0) is 12.8 Å². The molecule has 6 heteroatoms. The Bertz CT molecular complexity index is 350. The number of rotatable bonds is 5. The van der Waals surface area contributed by atoms with Crippen LogP contribution in [0.4, 0.5) is 4.79 Å². The highest BCUT2D eigenvalue weighted by Crippen LogP contribution is 2.17. The van der Waals surface area contributed by atoms with Crippen molar-refractivity contribution >= 4 is 12.0 Å². The average Bonchev–Trinajstić information content (AvgIpc) is 2.71. The normalized spacial score (nSPS) is 22.6. The number of likely N-dealkylation sites (tertiary alicyclic amines) is 1. The summed E-state index contributed by atoms with van der Waals surface area (Å²) in [5.74, 6) is 1.42. The number of urea groups is 1. The van der Waals surface area contributed by atoms with Crippen molar-refractivity contribution in [3.8, 4) is 12.3 Å². The first-order valence-corrected chi connectivity index (χ1v) is 5.95. The van der Waals surface area contributed by atoms with Crippen molar-refractivity contribution in [3.05, 3.63) is 0 Å². The summed E-state index contributed by atoms with van der Waals surface area (Å²) in [5, 5.41) is 21.0. The van der Waals surface area contributed by atoms with Crippen LogP contribution in [0.15, 0.2) is 0 Å². The molecule has 18 heavy (non-hydrogen) atoms. The van der Waals surface area contributed by atoms with Crippen LogP contribution in [-0.2, 0) is 4.79 Å². The Kier molecular flexibility index (Phi) is 5.46. The van der Waals surface area contributed by atoms with E-state index in [0.717, 1.165) is 17.7 Å². The van der Waals surface area contributed by atoms with Gasteiger partial charge in [0.05, 0.1) is 6.10 Å². The second-order valence-electron chi connectivity index (χ2n) is 4.29. The fourth-order valence-electron chi connectivity index (χ4n) is 1.92. The smallest absolute Gasteiger partial charge is 0.326 e. The van der Waals surface area contributed by atoms with Crippen molar-refractivity contribution in [1.29, 1.82) is 0 Å². The van der Waals surface area contributed by atoms with Crippen LogP contribution in [0.1, 0.15) is 25.7 Å². The lowest BCUT2D eigenvalue weighted by molar-refractivity contribution is -0.141. The highest BCUT2D eigenvalue weighted by atomic mass is 16.4. The second kappa shape index (κ2) is 6.87. The quantitative estimate of drug-likeness (QED) is 0.476. The van der Waals surface area contributed by atoms with Crippen LogP contribution in [0.5, 0.6) is 0 Å². The molecule has 0 aromatic rings. The van der Waals surface area contributed by atoms with Crippen molar-refractivity contribution in [1.82, 2.24) is 10.2 Å². The van der Waals surface area contributed by atoms with E-state index >= 15 is 0 Å². The van der Waals surface area contributed by atoms with Gasteiger partial charge in [0.1, 0.15) is 6.04 Å². The molecule has 2 amide bonds. The standard InChI is InChI=1S/C12H18N2O4/c1-2-3-4-5-6-13-12(18)14-8-9(15)7-10(14)11(16)17/h1,9-10,15H,3-8H2,(H,13,18)(H,16,17)/t9?,10-/m0/s1. The number of carbonyl (C=O) groups excluding carboxylic acids is 1. The lowest BCUT2D eigenvalue weighted by Gasteiger charge is -2.21. The van der Waals surface area contributed by atoms with Crippen LogP contribution < -0.4 is 5.32 Å². The van der Waals surface area contributed by atoms with Crippen LogP contribution in [0, 0.1) is 12.3 Å². The number of amides is 2. The van der Waals surface area contributed by atoms with Crippen molar-refractivity contribution in [2.45, 2.75) is 37.8 Å². The van der Waals surface area contributed by atoms with Gasteiger partial charge in [0.25, 0.3) is 0 Å². The van der Waals surface area contributed by atoms with E-state index in [9.17, 15) is 14.7 Å². The minimum absolute atomic E-state index is 0.0627. The maximum Gasteiger partial charge on any atom is 0.326 e. The molecule has 0 aromatic carbocycles. The number of nitrogens with one attached hydrogen (secondary N) is 1. The number of terminal acetylenes is 1. The van der Waals surface area contributed by atoms with E-state index in [1.54, 1.807) is 0 Å². The summed E-state index contributed by atoms with van der Waals surface area (Å²) in [6, 6.07) is -1.38. The van der Waals surface area contributed by atoms with E-state index in [4.69, 9.17) is 11.5 Å². The Morgan fingerprint density at radius 1 is 1.44 bits per heavy atom. The van der Waals surface area contributed by atoms with Crippen LogP contribution in [0.25, 0.3) is 0 Å². The molecule has 0 saturated carbocycles. The van der Waals surface area contributed by atoms with E-state index in [-0.39, 0.29) is 13.0 Å². The van der Waals surface area contributed by atoms with Gasteiger partial charge in [0.15, 0.2) is 0 Å². The third kappa shape index (κ3) is 3.93. The third-order valence-electron chi connectivity index (χ3n) is 2.85. The highest BCUT2D eigenvalue weighted by Gasteiger charge is 2.38. The van der Waals surface area contributed by atoms with Gasteiger partial charge in [-0.3, -0.25) is 0 Å². The summed E-state index contributed by atoms with van der Waals surface area (Å²) in [6.07, 6.45) is 6.65. The van der Waals surface area contributed by atoms with Gasteiger partial charge in [0, 0.05) is 25.9 Å². The largest absolute Gasteiger partial charge is 0.480 e. The number of carbonyl (C=O) groups is 2. The molecule has 100 valence electrons. The van der Waals surface area contributed by atoms with Crippen LogP contribution in [0.3, 0.4) is 0 Å². The number of unbranched alkanes of at least 4 members (excludes halogenated alkanes) is 2. The minimum atomic E-state index is -1.09. The molecule has 1 fully saturated rings. The summed E-state index contributed by atoms with van der Waals surface area (Å²) < 4.78 is 0. The number of aliphatic hydroxyl groups is 1. The fraction of sp³-hybridized carbons (Fsp3) is 0.667. The lowest BCUT2D eigenvalue weighted by Crippen LogP contribution is -2.46. The van der Waals surface area contributed by atoms with Gasteiger partial charge >= 0.3 is 12.0 Å². The van der Waals surface area contributed by atoms with E-state index in [1.165, 1.54) is 0 Å². The predicted octanol–water partition coefficient (Wildman–Crippen LogP) is 0.0193. The second-order valence-corrected chi connectivity index (χ2v) is 4.29. The Morgan fingerprint density at radius 3 is 2.78 bits per heavy atom.